The van der Waals surface area contributed by atoms with Gasteiger partial charge < -0.3 is 9.47 Å². The number of rotatable bonds is 7. The van der Waals surface area contributed by atoms with Crippen LogP contribution in [0.15, 0.2) is 52.4 Å². The van der Waals surface area contributed by atoms with Crippen molar-refractivity contribution in [1.29, 1.82) is 0 Å². The minimum atomic E-state index is -0.542. The molecule has 0 aliphatic rings. The molecule has 0 amide bonds. The quantitative estimate of drug-likeness (QED) is 0.483. The standard InChI is InChI=1S/C20H21N5O3/c1-13-6-4-5-7-16(13)12-28-17-9-8-15(10-18(17)27-3)11-21-24-19-14(2)23-25-20(26)22-19/h4-11H,12H2,1-3H3,(H2,22,24,25,26). The zero-order chi connectivity index (χ0) is 19.9. The molecule has 8 nitrogen and oxygen atoms in total. The van der Waals surface area contributed by atoms with E-state index in [4.69, 9.17) is 9.47 Å². The van der Waals surface area contributed by atoms with Crippen LogP contribution in [0.4, 0.5) is 5.82 Å². The summed E-state index contributed by atoms with van der Waals surface area (Å²) in [4.78, 5) is 15.0. The van der Waals surface area contributed by atoms with E-state index in [9.17, 15) is 4.79 Å². The first-order valence-electron chi connectivity index (χ1n) is 8.64. The third kappa shape index (κ3) is 4.73. The molecule has 8 heteroatoms. The van der Waals surface area contributed by atoms with Crippen LogP contribution in [0.3, 0.4) is 0 Å². The van der Waals surface area contributed by atoms with Gasteiger partial charge in [-0.1, -0.05) is 24.3 Å². The second-order valence-electron chi connectivity index (χ2n) is 6.07. The highest BCUT2D eigenvalue weighted by Crippen LogP contribution is 2.28. The first-order chi connectivity index (χ1) is 13.6. The van der Waals surface area contributed by atoms with E-state index in [1.165, 1.54) is 5.56 Å². The SMILES string of the molecule is COc1cc(C=NNc2nc(=O)[nH]nc2C)ccc1OCc1ccccc1C. The summed E-state index contributed by atoms with van der Waals surface area (Å²) in [6.45, 7) is 4.22. The molecule has 0 aliphatic carbocycles. The molecule has 3 aromatic rings. The number of nitrogens with one attached hydrogen (secondary N) is 2. The third-order valence-corrected chi connectivity index (χ3v) is 4.09. The van der Waals surface area contributed by atoms with Gasteiger partial charge in [0.1, 0.15) is 12.3 Å². The van der Waals surface area contributed by atoms with Crippen LogP contribution in [0.2, 0.25) is 0 Å². The fourth-order valence-electron chi connectivity index (χ4n) is 2.48. The molecule has 0 fully saturated rings. The lowest BCUT2D eigenvalue weighted by molar-refractivity contribution is 0.284. The van der Waals surface area contributed by atoms with Gasteiger partial charge >= 0.3 is 5.69 Å². The van der Waals surface area contributed by atoms with Crippen LogP contribution in [0.5, 0.6) is 11.5 Å². The average Bonchev–Trinajstić information content (AvgIpc) is 2.70. The van der Waals surface area contributed by atoms with Gasteiger partial charge in [0, 0.05) is 0 Å². The molecule has 2 aromatic carbocycles. The summed E-state index contributed by atoms with van der Waals surface area (Å²) in [5, 5.41) is 10.2. The van der Waals surface area contributed by atoms with E-state index in [-0.39, 0.29) is 0 Å². The van der Waals surface area contributed by atoms with Gasteiger partial charge in [0.05, 0.1) is 13.3 Å². The number of hydrazone groups is 1. The Hall–Kier alpha value is -3.68. The molecule has 0 saturated carbocycles. The van der Waals surface area contributed by atoms with Crippen LogP contribution in [0.25, 0.3) is 0 Å². The number of methoxy groups -OCH3 is 1. The predicted molar refractivity (Wildman–Crippen MR) is 107 cm³/mol. The van der Waals surface area contributed by atoms with E-state index in [1.54, 1.807) is 20.2 Å². The van der Waals surface area contributed by atoms with Gasteiger partial charge in [-0.05, 0) is 48.7 Å². The molecule has 0 spiro atoms. The van der Waals surface area contributed by atoms with Gasteiger partial charge in [-0.25, -0.2) is 9.89 Å². The highest BCUT2D eigenvalue weighted by Gasteiger charge is 2.07. The molecular formula is C20H21N5O3. The summed E-state index contributed by atoms with van der Waals surface area (Å²) in [6, 6.07) is 13.6. The van der Waals surface area contributed by atoms with Crippen molar-refractivity contribution < 1.29 is 9.47 Å². The van der Waals surface area contributed by atoms with Crippen molar-refractivity contribution in [3.05, 3.63) is 75.3 Å². The number of H-pyrrole nitrogens is 1. The highest BCUT2D eigenvalue weighted by atomic mass is 16.5. The Balaban J connectivity index is 1.69. The Morgan fingerprint density at radius 3 is 2.79 bits per heavy atom. The number of hydrogen-bond acceptors (Lipinski definition) is 7. The lowest BCUT2D eigenvalue weighted by Crippen LogP contribution is -2.15. The number of aromatic nitrogens is 3. The summed E-state index contributed by atoms with van der Waals surface area (Å²) in [6.07, 6.45) is 1.59. The second-order valence-corrected chi connectivity index (χ2v) is 6.07. The number of aromatic amines is 1. The number of benzene rings is 2. The second kappa shape index (κ2) is 8.81. The number of anilines is 1. The molecule has 3 rings (SSSR count). The van der Waals surface area contributed by atoms with Crippen molar-refractivity contribution in [2.75, 3.05) is 12.5 Å². The topological polar surface area (TPSA) is 101 Å². The van der Waals surface area contributed by atoms with Crippen molar-refractivity contribution in [3.8, 4) is 11.5 Å². The van der Waals surface area contributed by atoms with Crippen molar-refractivity contribution in [3.63, 3.8) is 0 Å². The lowest BCUT2D eigenvalue weighted by atomic mass is 10.1. The Labute approximate surface area is 162 Å². The molecule has 0 atom stereocenters. The van der Waals surface area contributed by atoms with Gasteiger partial charge in [0.2, 0.25) is 0 Å². The third-order valence-electron chi connectivity index (χ3n) is 4.09. The summed E-state index contributed by atoms with van der Waals surface area (Å²) in [7, 11) is 1.59. The number of nitrogens with zero attached hydrogens (tertiary/aromatic N) is 3. The van der Waals surface area contributed by atoms with Gasteiger partial charge in [0.15, 0.2) is 17.3 Å². The van der Waals surface area contributed by atoms with Crippen LogP contribution in [0, 0.1) is 13.8 Å². The molecule has 0 radical (unpaired) electrons. The Bertz CT molecular complexity index is 1050. The van der Waals surface area contributed by atoms with Gasteiger partial charge in [-0.3, -0.25) is 5.43 Å². The molecule has 1 aromatic heterocycles. The van der Waals surface area contributed by atoms with Crippen molar-refractivity contribution in [2.45, 2.75) is 20.5 Å². The summed E-state index contributed by atoms with van der Waals surface area (Å²) >= 11 is 0. The molecule has 0 saturated heterocycles. The number of hydrogen-bond donors (Lipinski definition) is 2. The molecule has 0 bridgehead atoms. The van der Waals surface area contributed by atoms with Crippen LogP contribution in [0.1, 0.15) is 22.4 Å². The smallest absolute Gasteiger partial charge is 0.363 e. The van der Waals surface area contributed by atoms with Gasteiger partial charge in [-0.15, -0.1) is 0 Å². The summed E-state index contributed by atoms with van der Waals surface area (Å²) in [5.41, 5.74) is 5.79. The normalized spacial score (nSPS) is 10.8. The van der Waals surface area contributed by atoms with Gasteiger partial charge in [0.25, 0.3) is 0 Å². The van der Waals surface area contributed by atoms with E-state index in [0.717, 1.165) is 11.1 Å². The average molecular weight is 379 g/mol. The zero-order valence-corrected chi connectivity index (χ0v) is 15.9. The first-order valence-corrected chi connectivity index (χ1v) is 8.64. The molecule has 28 heavy (non-hydrogen) atoms. The van der Waals surface area contributed by atoms with E-state index >= 15 is 0 Å². The summed E-state index contributed by atoms with van der Waals surface area (Å²) in [5.74, 6) is 1.54. The van der Waals surface area contributed by atoms with E-state index in [0.29, 0.717) is 29.6 Å². The zero-order valence-electron chi connectivity index (χ0n) is 15.9. The minimum Gasteiger partial charge on any atom is -0.493 e. The maximum Gasteiger partial charge on any atom is 0.363 e. The Kier molecular flexibility index (Phi) is 6.01. The van der Waals surface area contributed by atoms with Crippen LogP contribution in [-0.2, 0) is 6.61 Å². The fourth-order valence-corrected chi connectivity index (χ4v) is 2.48. The number of aryl methyl sites for hydroxylation is 2. The predicted octanol–water partition coefficient (Wildman–Crippen LogP) is 2.82. The van der Waals surface area contributed by atoms with Crippen LogP contribution in [-0.4, -0.2) is 28.5 Å². The van der Waals surface area contributed by atoms with Crippen molar-refractivity contribution in [2.24, 2.45) is 5.10 Å². The maximum absolute atomic E-state index is 11.2. The minimum absolute atomic E-state index is 0.296. The maximum atomic E-state index is 11.2. The van der Waals surface area contributed by atoms with Crippen LogP contribution >= 0.6 is 0 Å². The van der Waals surface area contributed by atoms with E-state index in [1.807, 2.05) is 36.4 Å². The monoisotopic (exact) mass is 379 g/mol. The fraction of sp³-hybridized carbons (Fsp3) is 0.200. The molecule has 0 unspecified atom stereocenters. The molecule has 144 valence electrons. The van der Waals surface area contributed by atoms with Gasteiger partial charge in [-0.2, -0.15) is 15.2 Å². The van der Waals surface area contributed by atoms with E-state index in [2.05, 4.69) is 38.7 Å². The van der Waals surface area contributed by atoms with E-state index < -0.39 is 5.69 Å². The summed E-state index contributed by atoms with van der Waals surface area (Å²) < 4.78 is 11.3. The largest absolute Gasteiger partial charge is 0.493 e. The number of ether oxygens (including phenoxy) is 2. The van der Waals surface area contributed by atoms with Crippen LogP contribution < -0.4 is 20.6 Å². The Morgan fingerprint density at radius 2 is 2.00 bits per heavy atom. The molecule has 1 heterocycles. The first kappa shape index (κ1) is 19.1. The molecular weight excluding hydrogens is 358 g/mol. The molecule has 0 aliphatic heterocycles. The molecule has 2 N–H and O–H groups in total. The van der Waals surface area contributed by atoms with Crippen molar-refractivity contribution >= 4 is 12.0 Å². The highest BCUT2D eigenvalue weighted by molar-refractivity contribution is 5.81. The van der Waals surface area contributed by atoms with Crippen molar-refractivity contribution in [1.82, 2.24) is 15.2 Å². The Morgan fingerprint density at radius 1 is 1.18 bits per heavy atom. The lowest BCUT2D eigenvalue weighted by Gasteiger charge is -2.12.